The van der Waals surface area contributed by atoms with Gasteiger partial charge in [-0.1, -0.05) is 29.8 Å². The largest absolute Gasteiger partial charge is 0.507 e. The van der Waals surface area contributed by atoms with Gasteiger partial charge >= 0.3 is 6.61 Å². The molecule has 0 aliphatic carbocycles. The number of alkyl halides is 2. The minimum absolute atomic E-state index is 0.0180. The topological polar surface area (TPSA) is 66.9 Å². The minimum Gasteiger partial charge on any atom is -0.507 e. The van der Waals surface area contributed by atoms with Crippen LogP contribution in [-0.2, 0) is 4.74 Å². The molecule has 0 saturated carbocycles. The van der Waals surface area contributed by atoms with Crippen molar-refractivity contribution < 1.29 is 23.4 Å². The molecular formula is C25H26ClF2N3O3. The quantitative estimate of drug-likeness (QED) is 0.386. The number of anilines is 1. The number of aromatic nitrogens is 1. The predicted molar refractivity (Wildman–Crippen MR) is 129 cm³/mol. The number of nitrogens with one attached hydrogen (secondary N) is 1. The molecule has 0 bridgehead atoms. The molecule has 6 nitrogen and oxygen atoms in total. The number of nitrogens with zero attached hydrogens (tertiary/aromatic N) is 2. The van der Waals surface area contributed by atoms with E-state index in [9.17, 15) is 13.9 Å². The van der Waals surface area contributed by atoms with E-state index in [4.69, 9.17) is 21.1 Å². The lowest BCUT2D eigenvalue weighted by Crippen LogP contribution is -2.37. The van der Waals surface area contributed by atoms with E-state index in [-0.39, 0.29) is 11.5 Å². The highest BCUT2D eigenvalue weighted by Crippen LogP contribution is 2.37. The molecule has 0 unspecified atom stereocenters. The Morgan fingerprint density at radius 2 is 1.88 bits per heavy atom. The Bertz CT molecular complexity index is 1110. The standard InChI is InChI=1S/C25H26ClF2N3O3/c26-18-6-7-22(32)20(16-18)21-14-17(19-4-1-2-5-23(19)34-25(27)28)15-24(30-21)29-8-3-9-31-10-12-33-13-11-31/h1-2,4-7,14-16,25,32H,3,8-13H2,(H,29,30). The van der Waals surface area contributed by atoms with E-state index >= 15 is 0 Å². The average molecular weight is 490 g/mol. The van der Waals surface area contributed by atoms with Crippen LogP contribution in [-0.4, -0.2) is 61.0 Å². The lowest BCUT2D eigenvalue weighted by molar-refractivity contribution is -0.0494. The number of pyridine rings is 1. The summed E-state index contributed by atoms with van der Waals surface area (Å²) in [5, 5.41) is 14.2. The maximum atomic E-state index is 13.0. The third-order valence-corrected chi connectivity index (χ3v) is 5.77. The normalized spacial score (nSPS) is 14.4. The molecule has 0 atom stereocenters. The number of rotatable bonds is 9. The van der Waals surface area contributed by atoms with Gasteiger partial charge in [0, 0.05) is 35.8 Å². The van der Waals surface area contributed by atoms with E-state index in [1.807, 2.05) is 0 Å². The molecule has 180 valence electrons. The summed E-state index contributed by atoms with van der Waals surface area (Å²) in [7, 11) is 0. The molecule has 9 heteroatoms. The number of aromatic hydroxyl groups is 1. The van der Waals surface area contributed by atoms with Gasteiger partial charge < -0.3 is 19.9 Å². The number of para-hydroxylation sites is 1. The van der Waals surface area contributed by atoms with Gasteiger partial charge in [-0.15, -0.1) is 0 Å². The number of benzene rings is 2. The van der Waals surface area contributed by atoms with Crippen molar-refractivity contribution >= 4 is 17.4 Å². The third-order valence-electron chi connectivity index (χ3n) is 5.53. The van der Waals surface area contributed by atoms with Gasteiger partial charge in [-0.3, -0.25) is 4.90 Å². The number of morpholine rings is 1. The van der Waals surface area contributed by atoms with Gasteiger partial charge in [0.25, 0.3) is 0 Å². The molecule has 4 rings (SSSR count). The fraction of sp³-hybridized carbons (Fsp3) is 0.320. The number of halogens is 3. The highest BCUT2D eigenvalue weighted by Gasteiger charge is 2.16. The van der Waals surface area contributed by atoms with E-state index in [0.717, 1.165) is 39.3 Å². The number of phenolic OH excluding ortho intramolecular Hbond substituents is 1. The van der Waals surface area contributed by atoms with Gasteiger partial charge in [-0.25, -0.2) is 4.98 Å². The molecule has 2 N–H and O–H groups in total. The monoisotopic (exact) mass is 489 g/mol. The Morgan fingerprint density at radius 3 is 2.68 bits per heavy atom. The highest BCUT2D eigenvalue weighted by molar-refractivity contribution is 6.31. The Kier molecular flexibility index (Phi) is 8.16. The zero-order chi connectivity index (χ0) is 23.9. The molecule has 2 heterocycles. The Balaban J connectivity index is 1.62. The van der Waals surface area contributed by atoms with Gasteiger partial charge in [0.2, 0.25) is 0 Å². The number of phenols is 1. The molecule has 1 aliphatic rings. The van der Waals surface area contributed by atoms with Crippen molar-refractivity contribution in [2.45, 2.75) is 13.0 Å². The number of hydrogen-bond acceptors (Lipinski definition) is 6. The third kappa shape index (κ3) is 6.34. The van der Waals surface area contributed by atoms with Crippen LogP contribution >= 0.6 is 11.6 Å². The van der Waals surface area contributed by atoms with Gasteiger partial charge in [-0.2, -0.15) is 8.78 Å². The van der Waals surface area contributed by atoms with Crippen LogP contribution in [0.25, 0.3) is 22.4 Å². The molecule has 34 heavy (non-hydrogen) atoms. The molecular weight excluding hydrogens is 464 g/mol. The maximum Gasteiger partial charge on any atom is 0.387 e. The van der Waals surface area contributed by atoms with Crippen LogP contribution in [0.3, 0.4) is 0 Å². The van der Waals surface area contributed by atoms with Crippen LogP contribution < -0.4 is 10.1 Å². The first-order valence-electron chi connectivity index (χ1n) is 11.1. The van der Waals surface area contributed by atoms with Crippen molar-refractivity contribution in [1.82, 2.24) is 9.88 Å². The van der Waals surface area contributed by atoms with Crippen LogP contribution in [0.5, 0.6) is 11.5 Å². The summed E-state index contributed by atoms with van der Waals surface area (Å²) in [5.41, 5.74) is 2.01. The summed E-state index contributed by atoms with van der Waals surface area (Å²) >= 11 is 6.15. The van der Waals surface area contributed by atoms with Crippen molar-refractivity contribution in [2.75, 3.05) is 44.7 Å². The first kappa shape index (κ1) is 24.2. The summed E-state index contributed by atoms with van der Waals surface area (Å²) in [6.45, 7) is 2.01. The summed E-state index contributed by atoms with van der Waals surface area (Å²) in [6.07, 6.45) is 0.898. The van der Waals surface area contributed by atoms with Crippen molar-refractivity contribution in [3.8, 4) is 33.9 Å². The molecule has 0 amide bonds. The SMILES string of the molecule is Oc1ccc(Cl)cc1-c1cc(-c2ccccc2OC(F)F)cc(NCCCN2CCOCC2)n1. The molecule has 0 spiro atoms. The smallest absolute Gasteiger partial charge is 0.387 e. The Labute approximate surface area is 202 Å². The highest BCUT2D eigenvalue weighted by atomic mass is 35.5. The van der Waals surface area contributed by atoms with E-state index in [1.165, 1.54) is 12.1 Å². The lowest BCUT2D eigenvalue weighted by atomic mass is 10.0. The Hall–Kier alpha value is -2.94. The lowest BCUT2D eigenvalue weighted by Gasteiger charge is -2.26. The van der Waals surface area contributed by atoms with Crippen molar-refractivity contribution in [3.63, 3.8) is 0 Å². The number of hydrogen-bond donors (Lipinski definition) is 2. The second kappa shape index (κ2) is 11.5. The molecule has 3 aromatic rings. The van der Waals surface area contributed by atoms with Crippen LogP contribution in [0, 0.1) is 0 Å². The first-order valence-corrected chi connectivity index (χ1v) is 11.5. The molecule has 1 aliphatic heterocycles. The van der Waals surface area contributed by atoms with E-state index in [2.05, 4.69) is 15.2 Å². The second-order valence-electron chi connectivity index (χ2n) is 7.90. The maximum absolute atomic E-state index is 13.0. The molecule has 1 saturated heterocycles. The van der Waals surface area contributed by atoms with Crippen molar-refractivity contribution in [3.05, 3.63) is 59.6 Å². The summed E-state index contributed by atoms with van der Waals surface area (Å²) < 4.78 is 36.1. The minimum atomic E-state index is -2.95. The molecule has 1 fully saturated rings. The average Bonchev–Trinajstić information content (AvgIpc) is 2.84. The van der Waals surface area contributed by atoms with Crippen molar-refractivity contribution in [1.29, 1.82) is 0 Å². The second-order valence-corrected chi connectivity index (χ2v) is 8.33. The fourth-order valence-corrected chi connectivity index (χ4v) is 4.05. The van der Waals surface area contributed by atoms with E-state index in [1.54, 1.807) is 42.5 Å². The van der Waals surface area contributed by atoms with Crippen molar-refractivity contribution in [2.24, 2.45) is 0 Å². The fourth-order valence-electron chi connectivity index (χ4n) is 3.88. The summed E-state index contributed by atoms with van der Waals surface area (Å²) in [4.78, 5) is 7.00. The van der Waals surface area contributed by atoms with Gasteiger partial charge in [0.15, 0.2) is 0 Å². The number of ether oxygens (including phenoxy) is 2. The van der Waals surface area contributed by atoms with Crippen LogP contribution in [0.1, 0.15) is 6.42 Å². The molecule has 1 aromatic heterocycles. The predicted octanol–water partition coefficient (Wildman–Crippen LogP) is 5.51. The molecule has 0 radical (unpaired) electrons. The molecule has 2 aromatic carbocycles. The van der Waals surface area contributed by atoms with Gasteiger partial charge in [0.1, 0.15) is 17.3 Å². The van der Waals surface area contributed by atoms with Gasteiger partial charge in [-0.05, 0) is 54.9 Å². The van der Waals surface area contributed by atoms with E-state index in [0.29, 0.717) is 39.8 Å². The van der Waals surface area contributed by atoms with Crippen LogP contribution in [0.15, 0.2) is 54.6 Å². The van der Waals surface area contributed by atoms with Crippen LogP contribution in [0.4, 0.5) is 14.6 Å². The first-order chi connectivity index (χ1) is 16.5. The zero-order valence-corrected chi connectivity index (χ0v) is 19.3. The zero-order valence-electron chi connectivity index (χ0n) is 18.5. The van der Waals surface area contributed by atoms with Crippen LogP contribution in [0.2, 0.25) is 5.02 Å². The summed E-state index contributed by atoms with van der Waals surface area (Å²) in [6, 6.07) is 14.8. The Morgan fingerprint density at radius 1 is 1.09 bits per heavy atom. The van der Waals surface area contributed by atoms with E-state index < -0.39 is 6.61 Å². The van der Waals surface area contributed by atoms with Gasteiger partial charge in [0.05, 0.1) is 18.9 Å². The summed E-state index contributed by atoms with van der Waals surface area (Å²) in [5.74, 6) is 0.633.